The van der Waals surface area contributed by atoms with E-state index in [0.29, 0.717) is 75.0 Å². The average molecular weight is 1210 g/mol. The first-order chi connectivity index (χ1) is 41.3. The van der Waals surface area contributed by atoms with Crippen molar-refractivity contribution >= 4 is 23.7 Å². The van der Waals surface area contributed by atoms with Gasteiger partial charge < -0.3 is 22.8 Å². The molecule has 0 bridgehead atoms. The molecule has 0 atom stereocenters. The first-order valence-corrected chi connectivity index (χ1v) is 25.4. The Bertz CT molecular complexity index is 3950. The van der Waals surface area contributed by atoms with E-state index in [9.17, 15) is 58.7 Å². The third-order valence-corrected chi connectivity index (χ3v) is 12.5. The van der Waals surface area contributed by atoms with Crippen molar-refractivity contribution in [1.82, 2.24) is 41.4 Å². The predicted molar refractivity (Wildman–Crippen MR) is 292 cm³/mol. The Hall–Kier alpha value is -10.7. The van der Waals surface area contributed by atoms with Crippen LogP contribution in [0.5, 0.6) is 0 Å². The Morgan fingerprint density at radius 3 is 1.24 bits per heavy atom. The maximum Gasteiger partial charge on any atom is 0.416 e. The molecule has 87 heavy (non-hydrogen) atoms. The molecule has 6 N–H and O–H groups in total. The molecule has 450 valence electrons. The lowest BCUT2D eigenvalue weighted by molar-refractivity contribution is -0.138. The van der Waals surface area contributed by atoms with Crippen LogP contribution in [0.2, 0.25) is 0 Å². The number of hydrogen-bond acceptors (Lipinski definition) is 14. The number of oxazole rings is 3. The van der Waals surface area contributed by atoms with E-state index in [-0.39, 0.29) is 29.4 Å². The van der Waals surface area contributed by atoms with Gasteiger partial charge in [-0.2, -0.15) is 39.5 Å². The monoisotopic (exact) mass is 1210 g/mol. The van der Waals surface area contributed by atoms with Crippen molar-refractivity contribution < 1.29 is 81.5 Å². The number of carbonyl (C=O) groups is 4. The second kappa shape index (κ2) is 28.3. The van der Waals surface area contributed by atoms with Gasteiger partial charge in [0.2, 0.25) is 23.2 Å². The molecule has 0 aliphatic heterocycles. The summed E-state index contributed by atoms with van der Waals surface area (Å²) in [6.45, 7) is 4.92. The van der Waals surface area contributed by atoms with Crippen LogP contribution in [0.25, 0.3) is 23.1 Å². The minimum atomic E-state index is -4.41. The zero-order valence-electron chi connectivity index (χ0n) is 45.6. The summed E-state index contributed by atoms with van der Waals surface area (Å²) in [7, 11) is 0. The molecule has 0 aliphatic carbocycles. The van der Waals surface area contributed by atoms with Crippen LogP contribution in [-0.2, 0) is 37.8 Å². The van der Waals surface area contributed by atoms with Crippen LogP contribution >= 0.6 is 0 Å². The zero-order valence-corrected chi connectivity index (χ0v) is 45.6. The van der Waals surface area contributed by atoms with Gasteiger partial charge in [0.05, 0.1) is 33.8 Å². The van der Waals surface area contributed by atoms with E-state index in [1.54, 1.807) is 69.3 Å². The highest BCUT2D eigenvalue weighted by Gasteiger charge is 2.32. The number of alkyl halides is 9. The molecule has 0 radical (unpaired) electrons. The SMILES string of the molecule is Cc1ncoc1-c1nnc(-c2ccccc2Cc2ccc(C(F)(F)F)cc2)o1.Cc1ncoc1C(=O)NNC(=O)c1ccccc1Cc1ccc(C(F)(F)F)cc1.Cc1ncoc1C(=O)O.NNC(=O)c1ccccc1Cc1ccc(C(F)(F)F)cc1. The number of amides is 3. The first kappa shape index (κ1) is 63.9. The lowest BCUT2D eigenvalue weighted by atomic mass is 9.98. The van der Waals surface area contributed by atoms with Crippen molar-refractivity contribution in [3.05, 3.63) is 255 Å². The minimum absolute atomic E-state index is 0.0247. The third kappa shape index (κ3) is 17.4. The normalized spacial score (nSPS) is 11.2. The molecule has 3 amide bonds. The summed E-state index contributed by atoms with van der Waals surface area (Å²) in [5.41, 5.74) is 11.5. The van der Waals surface area contributed by atoms with Gasteiger partial charge in [-0.15, -0.1) is 10.2 Å². The molecule has 0 aliphatic rings. The van der Waals surface area contributed by atoms with E-state index in [4.69, 9.17) is 24.2 Å². The van der Waals surface area contributed by atoms with Crippen molar-refractivity contribution in [1.29, 1.82) is 0 Å². The lowest BCUT2D eigenvalue weighted by Crippen LogP contribution is -2.42. The molecule has 0 spiro atoms. The molecule has 10 rings (SSSR count). The summed E-state index contributed by atoms with van der Waals surface area (Å²) in [6, 6.07) is 35.5. The van der Waals surface area contributed by atoms with Crippen LogP contribution in [0.15, 0.2) is 182 Å². The zero-order chi connectivity index (χ0) is 63.1. The lowest BCUT2D eigenvalue weighted by Gasteiger charge is -2.12. The van der Waals surface area contributed by atoms with Gasteiger partial charge in [-0.25, -0.2) is 25.6 Å². The highest BCUT2D eigenvalue weighted by atomic mass is 19.4. The molecule has 0 unspecified atom stereocenters. The maximum absolute atomic E-state index is 12.7. The van der Waals surface area contributed by atoms with E-state index < -0.39 is 58.9 Å². The number of nitrogens with two attached hydrogens (primary N) is 1. The molecule has 10 aromatic rings. The largest absolute Gasteiger partial charge is 0.475 e. The molecule has 27 heteroatoms. The van der Waals surface area contributed by atoms with E-state index in [1.807, 2.05) is 29.7 Å². The summed E-state index contributed by atoms with van der Waals surface area (Å²) in [5, 5.41) is 16.4. The number of carboxylic acid groups (broad SMARTS) is 1. The molecule has 6 aromatic carbocycles. The molecule has 4 heterocycles. The standard InChI is InChI=1S/C20H16F3N3O3.C20H14F3N3O2.C15H13F3N2O.C5H5NO3/c1-12-17(29-11-24-12)19(28)26-25-18(27)16-5-3-2-4-14(16)10-13-6-8-15(9-7-13)20(21,22)23;1-12-17(27-11-24-12)19-26-25-18(28-19)16-5-3-2-4-14(16)10-13-6-8-15(9-7-13)20(21,22)23;16-15(17,18)12-7-5-10(6-8-12)9-11-3-1-2-4-13(11)14(21)20-19;1-3-4(5(7)8)9-2-6-3/h2-9,11H,10H2,1H3,(H,25,27)(H,26,28);2-9,11H,10H2,1H3;1-8H,9,19H2,(H,20,21);2H,1H3,(H,7,8). The minimum Gasteiger partial charge on any atom is -0.475 e. The molecular weight excluding hydrogens is 1160 g/mol. The topological polar surface area (TPSA) is 268 Å². The molecule has 4 aromatic heterocycles. The van der Waals surface area contributed by atoms with Gasteiger partial charge in [-0.05, 0) is 128 Å². The van der Waals surface area contributed by atoms with Gasteiger partial charge in [0.15, 0.2) is 19.2 Å². The fraction of sp³-hybridized carbons (Fsp3) is 0.150. The van der Waals surface area contributed by atoms with Gasteiger partial charge >= 0.3 is 30.4 Å². The number of hydrazine groups is 2. The number of nitrogen functional groups attached to an aromatic ring is 1. The highest BCUT2D eigenvalue weighted by molar-refractivity contribution is 5.99. The first-order valence-electron chi connectivity index (χ1n) is 25.4. The quantitative estimate of drug-likeness (QED) is 0.0329. The number of rotatable bonds is 12. The van der Waals surface area contributed by atoms with Gasteiger partial charge in [0, 0.05) is 16.7 Å². The number of halogens is 9. The number of hydrogen-bond donors (Lipinski definition) is 5. The smallest absolute Gasteiger partial charge is 0.416 e. The van der Waals surface area contributed by atoms with Crippen LogP contribution in [0.4, 0.5) is 39.5 Å². The Labute approximate surface area is 487 Å². The number of carbonyl (C=O) groups excluding carboxylic acids is 3. The molecule has 0 saturated heterocycles. The van der Waals surface area contributed by atoms with Crippen LogP contribution < -0.4 is 22.1 Å². The number of nitrogens with zero attached hydrogens (tertiary/aromatic N) is 5. The molecule has 0 saturated carbocycles. The number of aryl methyl sites for hydroxylation is 3. The van der Waals surface area contributed by atoms with Crippen LogP contribution in [0.3, 0.4) is 0 Å². The summed E-state index contributed by atoms with van der Waals surface area (Å²) >= 11 is 0. The number of benzene rings is 6. The van der Waals surface area contributed by atoms with Crippen molar-refractivity contribution in [3.63, 3.8) is 0 Å². The second-order valence-corrected chi connectivity index (χ2v) is 18.5. The Morgan fingerprint density at radius 2 is 0.839 bits per heavy atom. The molecule has 18 nitrogen and oxygen atoms in total. The molecular formula is C60H48F9N9O9. The number of aromatic carboxylic acids is 1. The maximum atomic E-state index is 12.7. The number of aromatic nitrogens is 5. The van der Waals surface area contributed by atoms with E-state index in [1.165, 1.54) is 42.8 Å². The van der Waals surface area contributed by atoms with E-state index in [2.05, 4.69) is 40.4 Å². The average Bonchev–Trinajstić information content (AvgIpc) is 4.55. The Morgan fingerprint density at radius 1 is 0.460 bits per heavy atom. The summed E-state index contributed by atoms with van der Waals surface area (Å²) in [6.07, 6.45) is -8.56. The van der Waals surface area contributed by atoms with Crippen molar-refractivity contribution in [3.8, 4) is 23.1 Å². The van der Waals surface area contributed by atoms with E-state index in [0.717, 1.165) is 60.3 Å². The second-order valence-electron chi connectivity index (χ2n) is 18.5. The van der Waals surface area contributed by atoms with Crippen molar-refractivity contribution in [2.75, 3.05) is 0 Å². The summed E-state index contributed by atoms with van der Waals surface area (Å²) in [5.74, 6) is 3.17. The van der Waals surface area contributed by atoms with E-state index >= 15 is 0 Å². The number of carboxylic acids is 1. The van der Waals surface area contributed by atoms with Gasteiger partial charge in [0.25, 0.3) is 17.7 Å². The van der Waals surface area contributed by atoms with Gasteiger partial charge in [0.1, 0.15) is 0 Å². The molecule has 0 fully saturated rings. The summed E-state index contributed by atoms with van der Waals surface area (Å²) < 4.78 is 134. The van der Waals surface area contributed by atoms with Gasteiger partial charge in [-0.1, -0.05) is 91.0 Å². The fourth-order valence-corrected chi connectivity index (χ4v) is 8.04. The van der Waals surface area contributed by atoms with Crippen LogP contribution in [0.1, 0.15) is 109 Å². The fourth-order valence-electron chi connectivity index (χ4n) is 8.04. The van der Waals surface area contributed by atoms with Crippen LogP contribution in [-0.4, -0.2) is 53.9 Å². The highest BCUT2D eigenvalue weighted by Crippen LogP contribution is 2.33. The number of nitrogens with one attached hydrogen (secondary N) is 3. The van der Waals surface area contributed by atoms with Crippen molar-refractivity contribution in [2.24, 2.45) is 5.84 Å². The Balaban J connectivity index is 0.000000175. The van der Waals surface area contributed by atoms with Crippen molar-refractivity contribution in [2.45, 2.75) is 58.6 Å². The third-order valence-electron chi connectivity index (χ3n) is 12.5. The summed E-state index contributed by atoms with van der Waals surface area (Å²) in [4.78, 5) is 57.6. The van der Waals surface area contributed by atoms with Crippen LogP contribution in [0, 0.1) is 20.8 Å². The van der Waals surface area contributed by atoms with Gasteiger partial charge in [-0.3, -0.25) is 30.7 Å². The Kier molecular flexibility index (Phi) is 20.7. The predicted octanol–water partition coefficient (Wildman–Crippen LogP) is 12.6.